The quantitative estimate of drug-likeness (QED) is 0.616. The average molecular weight is 414 g/mol. The van der Waals surface area contributed by atoms with Crippen molar-refractivity contribution in [3.8, 4) is 11.5 Å². The Morgan fingerprint density at radius 3 is 2.07 bits per heavy atom. The highest BCUT2D eigenvalue weighted by Gasteiger charge is 2.13. The molecule has 7 nitrogen and oxygen atoms in total. The van der Waals surface area contributed by atoms with Crippen LogP contribution < -0.4 is 20.3 Å². The van der Waals surface area contributed by atoms with E-state index >= 15 is 0 Å². The van der Waals surface area contributed by atoms with E-state index in [0.717, 1.165) is 18.7 Å². The number of ether oxygens (including phenoxy) is 2. The average Bonchev–Trinajstić information content (AvgIpc) is 2.76. The molecule has 0 heterocycles. The van der Waals surface area contributed by atoms with E-state index in [0.29, 0.717) is 35.3 Å². The van der Waals surface area contributed by atoms with E-state index in [9.17, 15) is 9.59 Å². The smallest absolute Gasteiger partial charge is 0.269 e. The molecule has 2 N–H and O–H groups in total. The van der Waals surface area contributed by atoms with E-state index in [1.807, 2.05) is 19.1 Å². The van der Waals surface area contributed by atoms with Crippen molar-refractivity contribution in [2.45, 2.75) is 40.3 Å². The molecule has 2 aromatic rings. The molecular weight excluding hydrogens is 382 g/mol. The van der Waals surface area contributed by atoms with Gasteiger partial charge in [-0.15, -0.1) is 0 Å². The number of methoxy groups -OCH3 is 1. The number of hydrazine groups is 1. The summed E-state index contributed by atoms with van der Waals surface area (Å²) in [6.07, 6.45) is 0. The first-order valence-corrected chi connectivity index (χ1v) is 10.1. The van der Waals surface area contributed by atoms with Crippen LogP contribution in [0.4, 0.5) is 0 Å². The molecule has 2 aromatic carbocycles. The van der Waals surface area contributed by atoms with Gasteiger partial charge in [-0.25, -0.2) is 0 Å². The molecule has 2 rings (SSSR count). The summed E-state index contributed by atoms with van der Waals surface area (Å²) in [6.45, 7) is 10.6. The van der Waals surface area contributed by atoms with Gasteiger partial charge in [-0.2, -0.15) is 0 Å². The summed E-state index contributed by atoms with van der Waals surface area (Å²) in [7, 11) is 1.51. The van der Waals surface area contributed by atoms with Gasteiger partial charge in [-0.1, -0.05) is 19.1 Å². The third-order valence-electron chi connectivity index (χ3n) is 4.75. The Kier molecular flexibility index (Phi) is 8.68. The standard InChI is InChI=1S/C23H31N3O4/c1-6-26(16(3)4)15-17-8-10-18(11-9-17)22(27)24-25-23(28)19-12-13-20(30-7-2)21(14-19)29-5/h8-14,16H,6-7,15H2,1-5H3,(H,24,27)(H,25,28). The number of carbonyl (C=O) groups excluding carboxylic acids is 2. The van der Waals surface area contributed by atoms with Crippen LogP contribution in [0.1, 0.15) is 54.0 Å². The van der Waals surface area contributed by atoms with Crippen LogP contribution >= 0.6 is 0 Å². The molecule has 0 bridgehead atoms. The minimum Gasteiger partial charge on any atom is -0.493 e. The predicted molar refractivity (Wildman–Crippen MR) is 117 cm³/mol. The number of nitrogens with zero attached hydrogens (tertiary/aromatic N) is 1. The highest BCUT2D eigenvalue weighted by atomic mass is 16.5. The second kappa shape index (κ2) is 11.2. The van der Waals surface area contributed by atoms with Crippen LogP contribution in [0.15, 0.2) is 42.5 Å². The summed E-state index contributed by atoms with van der Waals surface area (Å²) in [5.41, 5.74) is 6.82. The third-order valence-corrected chi connectivity index (χ3v) is 4.75. The molecule has 0 saturated carbocycles. The topological polar surface area (TPSA) is 79.9 Å². The van der Waals surface area contributed by atoms with Gasteiger partial charge in [0.2, 0.25) is 0 Å². The van der Waals surface area contributed by atoms with E-state index in [1.54, 1.807) is 30.3 Å². The molecule has 0 aromatic heterocycles. The van der Waals surface area contributed by atoms with Crippen molar-refractivity contribution in [2.75, 3.05) is 20.3 Å². The Labute approximate surface area is 178 Å². The summed E-state index contributed by atoms with van der Waals surface area (Å²) in [5, 5.41) is 0. The van der Waals surface area contributed by atoms with Crippen molar-refractivity contribution in [1.82, 2.24) is 15.8 Å². The Hall–Kier alpha value is -3.06. The molecule has 162 valence electrons. The van der Waals surface area contributed by atoms with Crippen LogP contribution in [0.2, 0.25) is 0 Å². The maximum absolute atomic E-state index is 12.4. The molecule has 0 aliphatic carbocycles. The van der Waals surface area contributed by atoms with Gasteiger partial charge in [0.05, 0.1) is 13.7 Å². The zero-order chi connectivity index (χ0) is 22.1. The molecule has 0 radical (unpaired) electrons. The monoisotopic (exact) mass is 413 g/mol. The molecule has 0 fully saturated rings. The summed E-state index contributed by atoms with van der Waals surface area (Å²) in [5.74, 6) is 0.176. The second-order valence-corrected chi connectivity index (χ2v) is 7.06. The lowest BCUT2D eigenvalue weighted by molar-refractivity contribution is 0.0846. The van der Waals surface area contributed by atoms with E-state index in [-0.39, 0.29) is 5.91 Å². The lowest BCUT2D eigenvalue weighted by Crippen LogP contribution is -2.41. The van der Waals surface area contributed by atoms with Crippen LogP contribution in [0.3, 0.4) is 0 Å². The zero-order valence-electron chi connectivity index (χ0n) is 18.3. The molecule has 2 amide bonds. The van der Waals surface area contributed by atoms with Crippen LogP contribution in [0.5, 0.6) is 11.5 Å². The fourth-order valence-electron chi connectivity index (χ4n) is 3.00. The Balaban J connectivity index is 1.96. The van der Waals surface area contributed by atoms with Crippen LogP contribution in [0, 0.1) is 0 Å². The third kappa shape index (κ3) is 6.22. The minimum absolute atomic E-state index is 0.347. The molecule has 0 atom stereocenters. The van der Waals surface area contributed by atoms with Gasteiger partial charge in [-0.3, -0.25) is 25.3 Å². The van der Waals surface area contributed by atoms with Crippen molar-refractivity contribution >= 4 is 11.8 Å². The number of carbonyl (C=O) groups is 2. The molecule has 0 aliphatic rings. The number of benzene rings is 2. The van der Waals surface area contributed by atoms with Gasteiger partial charge in [-0.05, 0) is 63.2 Å². The first-order valence-electron chi connectivity index (χ1n) is 10.1. The van der Waals surface area contributed by atoms with E-state index in [4.69, 9.17) is 9.47 Å². The SMILES string of the molecule is CCOc1ccc(C(=O)NNC(=O)c2ccc(CN(CC)C(C)C)cc2)cc1OC. The van der Waals surface area contributed by atoms with Gasteiger partial charge in [0, 0.05) is 23.7 Å². The van der Waals surface area contributed by atoms with E-state index in [1.165, 1.54) is 7.11 Å². The summed E-state index contributed by atoms with van der Waals surface area (Å²) >= 11 is 0. The van der Waals surface area contributed by atoms with Crippen LogP contribution in [0.25, 0.3) is 0 Å². The number of nitrogens with one attached hydrogen (secondary N) is 2. The Morgan fingerprint density at radius 2 is 1.53 bits per heavy atom. The number of hydrogen-bond donors (Lipinski definition) is 2. The first kappa shape index (κ1) is 23.2. The lowest BCUT2D eigenvalue weighted by Gasteiger charge is -2.24. The fourth-order valence-corrected chi connectivity index (χ4v) is 3.00. The molecule has 0 saturated heterocycles. The highest BCUT2D eigenvalue weighted by Crippen LogP contribution is 2.27. The van der Waals surface area contributed by atoms with Gasteiger partial charge in [0.1, 0.15) is 0 Å². The molecule has 0 unspecified atom stereocenters. The number of rotatable bonds is 9. The summed E-state index contributed by atoms with van der Waals surface area (Å²) in [6, 6.07) is 12.7. The van der Waals surface area contributed by atoms with Crippen molar-refractivity contribution in [3.05, 3.63) is 59.2 Å². The van der Waals surface area contributed by atoms with E-state index in [2.05, 4.69) is 36.5 Å². The summed E-state index contributed by atoms with van der Waals surface area (Å²) < 4.78 is 10.7. The molecule has 0 spiro atoms. The largest absolute Gasteiger partial charge is 0.493 e. The lowest BCUT2D eigenvalue weighted by atomic mass is 10.1. The van der Waals surface area contributed by atoms with Gasteiger partial charge < -0.3 is 9.47 Å². The van der Waals surface area contributed by atoms with Crippen molar-refractivity contribution in [1.29, 1.82) is 0 Å². The van der Waals surface area contributed by atoms with Crippen molar-refractivity contribution < 1.29 is 19.1 Å². The van der Waals surface area contributed by atoms with Gasteiger partial charge in [0.25, 0.3) is 11.8 Å². The second-order valence-electron chi connectivity index (χ2n) is 7.06. The number of amides is 2. The van der Waals surface area contributed by atoms with Crippen molar-refractivity contribution in [2.24, 2.45) is 0 Å². The Morgan fingerprint density at radius 1 is 0.933 bits per heavy atom. The molecule has 30 heavy (non-hydrogen) atoms. The fraction of sp³-hybridized carbons (Fsp3) is 0.391. The Bertz CT molecular complexity index is 850. The summed E-state index contributed by atoms with van der Waals surface area (Å²) in [4.78, 5) is 27.1. The van der Waals surface area contributed by atoms with Gasteiger partial charge in [0.15, 0.2) is 11.5 Å². The van der Waals surface area contributed by atoms with Crippen LogP contribution in [-0.2, 0) is 6.54 Å². The predicted octanol–water partition coefficient (Wildman–Crippen LogP) is 3.40. The molecule has 0 aliphatic heterocycles. The van der Waals surface area contributed by atoms with Crippen LogP contribution in [-0.4, -0.2) is 43.0 Å². The zero-order valence-corrected chi connectivity index (χ0v) is 18.3. The molecule has 7 heteroatoms. The molecular formula is C23H31N3O4. The normalized spacial score (nSPS) is 10.8. The number of hydrogen-bond acceptors (Lipinski definition) is 5. The minimum atomic E-state index is -0.447. The first-order chi connectivity index (χ1) is 14.4. The maximum Gasteiger partial charge on any atom is 0.269 e. The van der Waals surface area contributed by atoms with Crippen molar-refractivity contribution in [3.63, 3.8) is 0 Å². The highest BCUT2D eigenvalue weighted by molar-refractivity contribution is 5.99. The van der Waals surface area contributed by atoms with E-state index < -0.39 is 5.91 Å². The maximum atomic E-state index is 12.4. The van der Waals surface area contributed by atoms with Gasteiger partial charge >= 0.3 is 0 Å².